The summed E-state index contributed by atoms with van der Waals surface area (Å²) in [5.74, 6) is 2.73. The van der Waals surface area contributed by atoms with E-state index in [1.54, 1.807) is 0 Å². The molecule has 258 valence electrons. The molecule has 0 saturated carbocycles. The Hall–Kier alpha value is -4.54. The van der Waals surface area contributed by atoms with E-state index < -0.39 is 0 Å². The number of nitrogens with zero attached hydrogens (tertiary/aromatic N) is 4. The van der Waals surface area contributed by atoms with E-state index in [-0.39, 0.29) is 26.5 Å². The van der Waals surface area contributed by atoms with Crippen molar-refractivity contribution >= 4 is 44.6 Å². The van der Waals surface area contributed by atoms with Gasteiger partial charge in [-0.15, -0.1) is 29.7 Å². The first-order chi connectivity index (χ1) is 24.3. The summed E-state index contributed by atoms with van der Waals surface area (Å²) < 4.78 is 10.1. The van der Waals surface area contributed by atoms with Gasteiger partial charge < -0.3 is 9.30 Å². The van der Waals surface area contributed by atoms with E-state index in [4.69, 9.17) is 9.72 Å². The Balaban J connectivity index is 0.00000374. The van der Waals surface area contributed by atoms with Crippen molar-refractivity contribution in [1.82, 2.24) is 18.7 Å². The molecule has 1 unspecified atom stereocenters. The molecule has 7 aromatic rings. The molecule has 2 atom stereocenters. The smallest absolute Gasteiger partial charge is 0.225 e. The molecule has 9 rings (SSSR count). The predicted molar refractivity (Wildman–Crippen MR) is 205 cm³/mol. The SMILES string of the molecule is CCC(CC)c1cccc([N@+]23[CH-][N+]2(c2[c-]c(Oc4[c-]c5c(cc4)c4ccccc4n5-c4cc(C(C)(C)C)ccn4)ccc2)c2ccccc23)c1.[Pt]. The van der Waals surface area contributed by atoms with Crippen molar-refractivity contribution in [3.05, 3.63) is 151 Å². The summed E-state index contributed by atoms with van der Waals surface area (Å²) in [6.07, 6.45) is 4.18. The van der Waals surface area contributed by atoms with Gasteiger partial charge in [-0.1, -0.05) is 88.7 Å². The average molecular weight is 849 g/mol. The fourth-order valence-electron chi connectivity index (χ4n) is 8.17. The summed E-state index contributed by atoms with van der Waals surface area (Å²) in [5, 5.41) is 2.27. The standard InChI is InChI=1S/C45H41N4O.Pt/c1-6-31(7-2)32-14-12-15-34(26-32)48-30-49(48,43-21-11-10-20-42(43)48)35-16-13-17-36(28-35)50-37-22-23-39-38-18-8-9-19-40(38)47(41(39)29-37)44-27-33(24-25-46-44)45(3,4)5;/h8-27,30-31H,6-7H2,1-5H3;/q-1;/t48-,49?;/m0./s1. The Bertz CT molecular complexity index is 2440. The van der Waals surface area contributed by atoms with Gasteiger partial charge >= 0.3 is 0 Å². The van der Waals surface area contributed by atoms with E-state index >= 15 is 0 Å². The van der Waals surface area contributed by atoms with Crippen LogP contribution in [-0.2, 0) is 26.5 Å². The second kappa shape index (κ2) is 12.3. The van der Waals surface area contributed by atoms with Crippen LogP contribution in [0.15, 0.2) is 121 Å². The van der Waals surface area contributed by atoms with Gasteiger partial charge in [0.1, 0.15) is 5.82 Å². The molecule has 4 heterocycles. The molecular formula is C45H41N4OPt-. The molecule has 2 aliphatic heterocycles. The van der Waals surface area contributed by atoms with Crippen molar-refractivity contribution < 1.29 is 25.8 Å². The van der Waals surface area contributed by atoms with Gasteiger partial charge in [0.2, 0.25) is 11.4 Å². The molecule has 5 aromatic carbocycles. The van der Waals surface area contributed by atoms with Crippen molar-refractivity contribution in [2.75, 3.05) is 0 Å². The Morgan fingerprint density at radius 2 is 1.47 bits per heavy atom. The number of rotatable bonds is 8. The minimum Gasteiger partial charge on any atom is -0.509 e. The van der Waals surface area contributed by atoms with Crippen LogP contribution in [0.1, 0.15) is 64.5 Å². The van der Waals surface area contributed by atoms with Crippen LogP contribution < -0.4 is 13.9 Å². The molecular weight excluding hydrogens is 808 g/mol. The largest absolute Gasteiger partial charge is 0.509 e. The van der Waals surface area contributed by atoms with E-state index in [1.165, 1.54) is 28.2 Å². The van der Waals surface area contributed by atoms with Crippen LogP contribution >= 0.6 is 0 Å². The average Bonchev–Trinajstić information content (AvgIpc) is 3.63. The Morgan fingerprint density at radius 1 is 0.745 bits per heavy atom. The number of quaternary nitrogens is 2. The maximum absolute atomic E-state index is 6.60. The fourth-order valence-corrected chi connectivity index (χ4v) is 8.17. The van der Waals surface area contributed by atoms with E-state index in [0.29, 0.717) is 26.6 Å². The molecule has 0 radical (unpaired) electrons. The number of pyridine rings is 1. The van der Waals surface area contributed by atoms with Gasteiger partial charge in [-0.3, -0.25) is 0 Å². The zero-order chi connectivity index (χ0) is 34.3. The molecule has 2 aromatic heterocycles. The van der Waals surface area contributed by atoms with Crippen molar-refractivity contribution in [3.8, 4) is 17.3 Å². The summed E-state index contributed by atoms with van der Waals surface area (Å²) in [7, 11) is 0. The molecule has 6 heteroatoms. The van der Waals surface area contributed by atoms with Crippen LogP contribution in [0.2, 0.25) is 0 Å². The van der Waals surface area contributed by atoms with Gasteiger partial charge in [0.15, 0.2) is 12.4 Å². The third-order valence-corrected chi connectivity index (χ3v) is 10.9. The maximum atomic E-state index is 6.60. The Labute approximate surface area is 315 Å². The summed E-state index contributed by atoms with van der Waals surface area (Å²) in [5.41, 5.74) is 9.58. The van der Waals surface area contributed by atoms with Crippen molar-refractivity contribution in [1.29, 1.82) is 0 Å². The Morgan fingerprint density at radius 3 is 2.25 bits per heavy atom. The molecule has 0 aliphatic carbocycles. The molecule has 2 aliphatic rings. The topological polar surface area (TPSA) is 27.1 Å². The molecule has 5 nitrogen and oxygen atoms in total. The normalized spacial score (nSPS) is 18.9. The van der Waals surface area contributed by atoms with E-state index in [0.717, 1.165) is 46.2 Å². The molecule has 0 amide bonds. The third kappa shape index (κ3) is 4.97. The van der Waals surface area contributed by atoms with Crippen molar-refractivity contribution in [3.63, 3.8) is 0 Å². The monoisotopic (exact) mass is 848 g/mol. The van der Waals surface area contributed by atoms with E-state index in [1.807, 2.05) is 18.3 Å². The number of ether oxygens (including phenoxy) is 1. The van der Waals surface area contributed by atoms with Gasteiger partial charge in [0.05, 0.1) is 5.69 Å². The fraction of sp³-hybridized carbons (Fsp3) is 0.200. The second-order valence-corrected chi connectivity index (χ2v) is 14.7. The van der Waals surface area contributed by atoms with E-state index in [9.17, 15) is 0 Å². The summed E-state index contributed by atoms with van der Waals surface area (Å²) >= 11 is 0. The molecule has 1 fully saturated rings. The molecule has 0 N–H and O–H groups in total. The van der Waals surface area contributed by atoms with Crippen LogP contribution in [0.25, 0.3) is 27.6 Å². The third-order valence-electron chi connectivity index (χ3n) is 10.9. The summed E-state index contributed by atoms with van der Waals surface area (Å²) in [6, 6.07) is 48.4. The van der Waals surface area contributed by atoms with Gasteiger partial charge in [-0.25, -0.2) is 9.58 Å². The number of benzene rings is 5. The number of hydrogen-bond donors (Lipinski definition) is 0. The first-order valence-electron chi connectivity index (χ1n) is 17.8. The number of fused-ring (bicyclic) bond motifs is 7. The van der Waals surface area contributed by atoms with Crippen LogP contribution in [0.4, 0.5) is 22.7 Å². The summed E-state index contributed by atoms with van der Waals surface area (Å²) in [6.45, 7) is 13.7. The Kier molecular flexibility index (Phi) is 8.10. The molecule has 0 bridgehead atoms. The van der Waals surface area contributed by atoms with Crippen molar-refractivity contribution in [2.24, 2.45) is 0 Å². The van der Waals surface area contributed by atoms with Crippen molar-refractivity contribution in [2.45, 2.75) is 58.8 Å². The number of para-hydroxylation sites is 3. The van der Waals surface area contributed by atoms with Gasteiger partial charge in [-0.2, -0.15) is 16.7 Å². The van der Waals surface area contributed by atoms with Gasteiger partial charge in [0, 0.05) is 68.5 Å². The predicted octanol–water partition coefficient (Wildman–Crippen LogP) is 12.1. The van der Waals surface area contributed by atoms with Crippen LogP contribution in [0, 0.1) is 18.8 Å². The second-order valence-electron chi connectivity index (χ2n) is 14.7. The van der Waals surface area contributed by atoms with E-state index in [2.05, 4.69) is 161 Å². The minimum absolute atomic E-state index is 0. The zero-order valence-corrected chi connectivity index (χ0v) is 31.9. The molecule has 0 spiro atoms. The van der Waals surface area contributed by atoms with Crippen LogP contribution in [0.3, 0.4) is 0 Å². The van der Waals surface area contributed by atoms with Gasteiger partial charge in [-0.05, 0) is 58.9 Å². The quantitative estimate of drug-likeness (QED) is 0.0865. The zero-order valence-electron chi connectivity index (χ0n) is 29.6. The van der Waals surface area contributed by atoms with Crippen LogP contribution in [0.5, 0.6) is 11.5 Å². The molecule has 51 heavy (non-hydrogen) atoms. The first kappa shape index (κ1) is 33.6. The summed E-state index contributed by atoms with van der Waals surface area (Å²) in [4.78, 5) is 4.83. The first-order valence-corrected chi connectivity index (χ1v) is 17.8. The number of hydrogen-bond acceptors (Lipinski definition) is 2. The van der Waals surface area contributed by atoms with Gasteiger partial charge in [0.25, 0.3) is 0 Å². The molecule has 1 saturated heterocycles. The van der Waals surface area contributed by atoms with Crippen LogP contribution in [-0.4, -0.2) is 9.55 Å². The minimum atomic E-state index is -0.000222. The maximum Gasteiger partial charge on any atom is 0.225 e. The number of aromatic nitrogens is 2.